The molecular formula is C19H27FN4O3S. The lowest BCUT2D eigenvalue weighted by molar-refractivity contribution is 0.402. The highest BCUT2D eigenvalue weighted by molar-refractivity contribution is 7.88. The lowest BCUT2D eigenvalue weighted by Crippen LogP contribution is -2.30. The van der Waals surface area contributed by atoms with Crippen LogP contribution < -0.4 is 5.69 Å². The van der Waals surface area contributed by atoms with Gasteiger partial charge in [0.15, 0.2) is 0 Å². The third-order valence-corrected chi connectivity index (χ3v) is 5.64. The summed E-state index contributed by atoms with van der Waals surface area (Å²) in [7, 11) is -1.87. The highest BCUT2D eigenvalue weighted by Crippen LogP contribution is 2.27. The average molecular weight is 411 g/mol. The maximum absolute atomic E-state index is 14.7. The average Bonchev–Trinajstić information content (AvgIpc) is 2.96. The molecule has 0 bridgehead atoms. The Balaban J connectivity index is 0.00000190. The fourth-order valence-corrected chi connectivity index (χ4v) is 3.80. The first-order valence-electron chi connectivity index (χ1n) is 8.75. The molecule has 1 aromatic carbocycles. The topological polar surface area (TPSA) is 88.1 Å². The standard InChI is InChI=1S/C17H25FN4O3S.C2H2/c1-6-7-22(26(5,24)25)10-13-8-11(2)14(9-15(13)18)12(3)16-19-17(23)21(4)20-16;1-2/h8-9,12H,6-7,10H2,1-5H3,(H,19,20,23);1-2H. The van der Waals surface area contributed by atoms with Gasteiger partial charge in [-0.1, -0.05) is 19.9 Å². The molecule has 2 aromatic rings. The van der Waals surface area contributed by atoms with Gasteiger partial charge < -0.3 is 0 Å². The van der Waals surface area contributed by atoms with Crippen molar-refractivity contribution in [3.8, 4) is 12.8 Å². The van der Waals surface area contributed by atoms with Gasteiger partial charge in [0.1, 0.15) is 11.6 Å². The van der Waals surface area contributed by atoms with Crippen molar-refractivity contribution in [2.75, 3.05) is 12.8 Å². The number of halogens is 1. The molecule has 1 aromatic heterocycles. The van der Waals surface area contributed by atoms with E-state index < -0.39 is 15.8 Å². The molecule has 154 valence electrons. The fourth-order valence-electron chi connectivity index (χ4n) is 2.91. The molecule has 2 rings (SSSR count). The largest absolute Gasteiger partial charge is 0.343 e. The number of aromatic amines is 1. The van der Waals surface area contributed by atoms with Crippen LogP contribution in [0.1, 0.15) is 48.7 Å². The van der Waals surface area contributed by atoms with Crippen molar-refractivity contribution in [3.63, 3.8) is 0 Å². The van der Waals surface area contributed by atoms with Crippen LogP contribution >= 0.6 is 0 Å². The Kier molecular flexibility index (Phi) is 8.14. The van der Waals surface area contributed by atoms with E-state index in [2.05, 4.69) is 22.9 Å². The molecular weight excluding hydrogens is 383 g/mol. The second kappa shape index (κ2) is 9.66. The first-order valence-corrected chi connectivity index (χ1v) is 10.6. The molecule has 1 atom stereocenters. The van der Waals surface area contributed by atoms with Crippen LogP contribution in [-0.2, 0) is 23.6 Å². The van der Waals surface area contributed by atoms with E-state index in [-0.39, 0.29) is 18.2 Å². The Labute approximate surface area is 165 Å². The summed E-state index contributed by atoms with van der Waals surface area (Å²) in [5.74, 6) is -0.314. The van der Waals surface area contributed by atoms with Gasteiger partial charge in [0.05, 0.1) is 6.26 Å². The van der Waals surface area contributed by atoms with Crippen molar-refractivity contribution in [1.82, 2.24) is 19.1 Å². The van der Waals surface area contributed by atoms with Crippen LogP contribution in [0.4, 0.5) is 4.39 Å². The van der Waals surface area contributed by atoms with Gasteiger partial charge in [0.2, 0.25) is 10.0 Å². The second-order valence-corrected chi connectivity index (χ2v) is 8.54. The maximum Gasteiger partial charge on any atom is 0.343 e. The van der Waals surface area contributed by atoms with Gasteiger partial charge in [0, 0.05) is 31.6 Å². The molecule has 1 unspecified atom stereocenters. The van der Waals surface area contributed by atoms with E-state index in [0.717, 1.165) is 11.8 Å². The van der Waals surface area contributed by atoms with E-state index in [9.17, 15) is 17.6 Å². The summed E-state index contributed by atoms with van der Waals surface area (Å²) in [5, 5.41) is 4.12. The molecule has 0 aliphatic rings. The summed E-state index contributed by atoms with van der Waals surface area (Å²) in [6, 6.07) is 3.06. The van der Waals surface area contributed by atoms with Crippen LogP contribution in [0.3, 0.4) is 0 Å². The number of nitrogens with one attached hydrogen (secondary N) is 1. The minimum absolute atomic E-state index is 0.00553. The molecule has 0 radical (unpaired) electrons. The Morgan fingerprint density at radius 3 is 2.43 bits per heavy atom. The zero-order valence-electron chi connectivity index (χ0n) is 16.9. The van der Waals surface area contributed by atoms with Crippen molar-refractivity contribution in [1.29, 1.82) is 0 Å². The molecule has 7 nitrogen and oxygen atoms in total. The number of hydrogen-bond acceptors (Lipinski definition) is 4. The number of H-pyrrole nitrogens is 1. The van der Waals surface area contributed by atoms with Gasteiger partial charge in [-0.3, -0.25) is 4.98 Å². The quantitative estimate of drug-likeness (QED) is 0.709. The minimum atomic E-state index is -3.41. The molecule has 0 amide bonds. The Morgan fingerprint density at radius 1 is 1.36 bits per heavy atom. The first-order chi connectivity index (χ1) is 13.0. The highest BCUT2D eigenvalue weighted by Gasteiger charge is 2.21. The maximum atomic E-state index is 14.7. The van der Waals surface area contributed by atoms with Crippen molar-refractivity contribution in [3.05, 3.63) is 50.9 Å². The van der Waals surface area contributed by atoms with Crippen molar-refractivity contribution in [2.45, 2.75) is 39.7 Å². The number of aromatic nitrogens is 3. The molecule has 0 saturated heterocycles. The summed E-state index contributed by atoms with van der Waals surface area (Å²) in [6.07, 6.45) is 9.77. The Bertz CT molecular complexity index is 992. The molecule has 28 heavy (non-hydrogen) atoms. The third-order valence-electron chi connectivity index (χ3n) is 4.39. The van der Waals surface area contributed by atoms with Crippen LogP contribution in [0.15, 0.2) is 16.9 Å². The van der Waals surface area contributed by atoms with Crippen molar-refractivity contribution >= 4 is 10.0 Å². The van der Waals surface area contributed by atoms with Gasteiger partial charge in [-0.05, 0) is 30.5 Å². The van der Waals surface area contributed by atoms with E-state index in [1.165, 1.54) is 15.1 Å². The van der Waals surface area contributed by atoms with Gasteiger partial charge in [0.25, 0.3) is 0 Å². The zero-order chi connectivity index (χ0) is 21.6. The highest BCUT2D eigenvalue weighted by atomic mass is 32.2. The number of aryl methyl sites for hydroxylation is 2. The summed E-state index contributed by atoms with van der Waals surface area (Å²) in [5.41, 5.74) is 1.50. The van der Waals surface area contributed by atoms with Crippen molar-refractivity contribution in [2.24, 2.45) is 7.05 Å². The molecule has 9 heteroatoms. The van der Waals surface area contributed by atoms with E-state index in [1.54, 1.807) is 13.1 Å². The molecule has 1 heterocycles. The Morgan fingerprint density at radius 2 is 1.96 bits per heavy atom. The number of nitrogens with zero attached hydrogens (tertiary/aromatic N) is 3. The fraction of sp³-hybridized carbons (Fsp3) is 0.474. The van der Waals surface area contributed by atoms with Crippen LogP contribution in [0.5, 0.6) is 0 Å². The van der Waals surface area contributed by atoms with Crippen LogP contribution in [0.25, 0.3) is 0 Å². The van der Waals surface area contributed by atoms with E-state index in [0.29, 0.717) is 29.9 Å². The number of benzene rings is 1. The normalized spacial score (nSPS) is 12.5. The predicted molar refractivity (Wildman–Crippen MR) is 108 cm³/mol. The Hall–Kier alpha value is -2.44. The monoisotopic (exact) mass is 410 g/mol. The molecule has 0 spiro atoms. The van der Waals surface area contributed by atoms with Gasteiger partial charge in [-0.25, -0.2) is 22.3 Å². The lowest BCUT2D eigenvalue weighted by atomic mass is 9.94. The molecule has 0 fully saturated rings. The molecule has 0 aliphatic carbocycles. The summed E-state index contributed by atoms with van der Waals surface area (Å²) >= 11 is 0. The summed E-state index contributed by atoms with van der Waals surface area (Å²) in [6.45, 7) is 5.87. The number of rotatable bonds is 7. The van der Waals surface area contributed by atoms with Gasteiger partial charge in [-0.2, -0.15) is 9.40 Å². The van der Waals surface area contributed by atoms with Gasteiger partial charge in [-0.15, -0.1) is 12.8 Å². The molecule has 0 saturated carbocycles. The van der Waals surface area contributed by atoms with E-state index in [4.69, 9.17) is 0 Å². The van der Waals surface area contributed by atoms with Crippen LogP contribution in [0, 0.1) is 25.6 Å². The minimum Gasteiger partial charge on any atom is -0.292 e. The zero-order valence-corrected chi connectivity index (χ0v) is 17.7. The summed E-state index contributed by atoms with van der Waals surface area (Å²) < 4.78 is 40.9. The summed E-state index contributed by atoms with van der Waals surface area (Å²) in [4.78, 5) is 14.2. The van der Waals surface area contributed by atoms with Crippen LogP contribution in [-0.4, -0.2) is 40.3 Å². The van der Waals surface area contributed by atoms with E-state index in [1.807, 2.05) is 20.8 Å². The lowest BCUT2D eigenvalue weighted by Gasteiger charge is -2.21. The molecule has 0 aliphatic heterocycles. The number of sulfonamides is 1. The predicted octanol–water partition coefficient (Wildman–Crippen LogP) is 2.13. The van der Waals surface area contributed by atoms with E-state index >= 15 is 0 Å². The van der Waals surface area contributed by atoms with Crippen LogP contribution in [0.2, 0.25) is 0 Å². The smallest absolute Gasteiger partial charge is 0.292 e. The second-order valence-electron chi connectivity index (χ2n) is 6.56. The SMILES string of the molecule is C#C.CCCN(Cc1cc(C)c(C(C)c2nn(C)c(=O)[nH]2)cc1F)S(C)(=O)=O. The van der Waals surface area contributed by atoms with Gasteiger partial charge >= 0.3 is 5.69 Å². The number of terminal acetylenes is 1. The number of hydrogen-bond donors (Lipinski definition) is 1. The van der Waals surface area contributed by atoms with Crippen molar-refractivity contribution < 1.29 is 12.8 Å². The first kappa shape index (κ1) is 23.6. The molecule has 1 N–H and O–H groups in total. The third kappa shape index (κ3) is 5.53.